The molecule has 0 spiro atoms. The fraction of sp³-hybridized carbons (Fsp3) is 0.875. The molecule has 2 rings (SSSR count). The molecule has 1 saturated heterocycles. The second-order valence-corrected chi connectivity index (χ2v) is 7.04. The number of hydrogen-bond donors (Lipinski definition) is 3. The molecular weight excluding hydrogens is 266 g/mol. The zero-order valence-electron chi connectivity index (χ0n) is 13.4. The third-order valence-corrected chi connectivity index (χ3v) is 5.56. The van der Waals surface area contributed by atoms with Crippen molar-refractivity contribution in [3.63, 3.8) is 0 Å². The van der Waals surface area contributed by atoms with E-state index in [1.54, 1.807) is 0 Å². The van der Waals surface area contributed by atoms with Crippen molar-refractivity contribution in [3.8, 4) is 0 Å². The minimum absolute atomic E-state index is 0.0102. The summed E-state index contributed by atoms with van der Waals surface area (Å²) < 4.78 is 0. The van der Waals surface area contributed by atoms with Crippen molar-refractivity contribution in [2.24, 2.45) is 23.5 Å². The number of rotatable bonds is 4. The monoisotopic (exact) mass is 296 g/mol. The average Bonchev–Trinajstić information content (AvgIpc) is 2.44. The average molecular weight is 296 g/mol. The van der Waals surface area contributed by atoms with Crippen molar-refractivity contribution in [2.75, 3.05) is 19.6 Å². The number of carbonyl (C=O) groups is 2. The van der Waals surface area contributed by atoms with E-state index in [0.717, 1.165) is 32.4 Å². The second-order valence-electron chi connectivity index (χ2n) is 7.04. The molecule has 0 bridgehead atoms. The Morgan fingerprint density at radius 3 is 2.43 bits per heavy atom. The molecule has 0 unspecified atom stereocenters. The van der Waals surface area contributed by atoms with Crippen LogP contribution in [-0.2, 0) is 9.59 Å². The largest absolute Gasteiger partial charge is 0.369 e. The number of likely N-dealkylation sites (tertiary alicyclic amines) is 1. The molecule has 5 heteroatoms. The van der Waals surface area contributed by atoms with Crippen LogP contribution in [0, 0.1) is 17.8 Å². The van der Waals surface area contributed by atoms with Gasteiger partial charge in [0.25, 0.3) is 5.91 Å². The van der Waals surface area contributed by atoms with Gasteiger partial charge < -0.3 is 16.0 Å². The van der Waals surface area contributed by atoms with Crippen molar-refractivity contribution in [1.82, 2.24) is 5.32 Å². The summed E-state index contributed by atoms with van der Waals surface area (Å²) in [5, 5.41) is 3.23. The summed E-state index contributed by atoms with van der Waals surface area (Å²) in [7, 11) is 0. The van der Waals surface area contributed by atoms with Crippen LogP contribution in [0.25, 0.3) is 0 Å². The molecule has 2 fully saturated rings. The Kier molecular flexibility index (Phi) is 5.62. The van der Waals surface area contributed by atoms with Crippen LogP contribution in [0.1, 0.15) is 46.0 Å². The second kappa shape index (κ2) is 7.25. The van der Waals surface area contributed by atoms with Crippen molar-refractivity contribution in [2.45, 2.75) is 52.0 Å². The fourth-order valence-electron chi connectivity index (χ4n) is 3.76. The summed E-state index contributed by atoms with van der Waals surface area (Å²) in [6, 6.07) is 0.337. The zero-order chi connectivity index (χ0) is 15.4. The summed E-state index contributed by atoms with van der Waals surface area (Å²) in [5.41, 5.74) is 5.34. The van der Waals surface area contributed by atoms with E-state index in [0.29, 0.717) is 24.4 Å². The van der Waals surface area contributed by atoms with Gasteiger partial charge in [0.05, 0.1) is 13.1 Å². The Morgan fingerprint density at radius 1 is 1.14 bits per heavy atom. The van der Waals surface area contributed by atoms with E-state index in [1.807, 2.05) is 0 Å². The number of piperidine rings is 1. The van der Waals surface area contributed by atoms with Crippen LogP contribution in [0.4, 0.5) is 0 Å². The molecule has 1 aliphatic heterocycles. The van der Waals surface area contributed by atoms with Gasteiger partial charge in [0, 0.05) is 24.8 Å². The minimum atomic E-state index is -0.191. The summed E-state index contributed by atoms with van der Waals surface area (Å²) in [6.45, 7) is 6.81. The number of nitrogens with two attached hydrogens (primary N) is 1. The Bertz CT molecular complexity index is 378. The Balaban J connectivity index is 1.74. The van der Waals surface area contributed by atoms with Gasteiger partial charge >= 0.3 is 0 Å². The third-order valence-electron chi connectivity index (χ3n) is 5.56. The van der Waals surface area contributed by atoms with Gasteiger partial charge in [0.15, 0.2) is 6.54 Å². The maximum atomic E-state index is 12.2. The van der Waals surface area contributed by atoms with Crippen LogP contribution in [0.15, 0.2) is 0 Å². The molecule has 120 valence electrons. The lowest BCUT2D eigenvalue weighted by atomic mass is 9.78. The summed E-state index contributed by atoms with van der Waals surface area (Å²) in [5.74, 6) is 1.24. The SMILES string of the molecule is C[C@@H]1[C@@H](C)CCC[C@H]1NC(=O)C[NH+]1CCC(C(N)=O)CC1. The minimum Gasteiger partial charge on any atom is -0.369 e. The predicted molar refractivity (Wildman–Crippen MR) is 81.6 cm³/mol. The zero-order valence-corrected chi connectivity index (χ0v) is 13.4. The standard InChI is InChI=1S/C16H29N3O2/c1-11-4-3-5-14(12(11)2)18-15(20)10-19-8-6-13(7-9-19)16(17)21/h11-14H,3-10H2,1-2H3,(H2,17,21)(H,18,20)/p+1/t11-,12+,14+/m0/s1. The van der Waals surface area contributed by atoms with Crippen LogP contribution < -0.4 is 16.0 Å². The van der Waals surface area contributed by atoms with Gasteiger partial charge in [-0.1, -0.05) is 26.7 Å². The van der Waals surface area contributed by atoms with E-state index in [-0.39, 0.29) is 17.7 Å². The molecular formula is C16H30N3O2+. The van der Waals surface area contributed by atoms with E-state index in [9.17, 15) is 9.59 Å². The Hall–Kier alpha value is -1.10. The van der Waals surface area contributed by atoms with E-state index in [1.165, 1.54) is 17.7 Å². The highest BCUT2D eigenvalue weighted by atomic mass is 16.2. The number of carbonyl (C=O) groups excluding carboxylic acids is 2. The van der Waals surface area contributed by atoms with E-state index < -0.39 is 0 Å². The lowest BCUT2D eigenvalue weighted by molar-refractivity contribution is -0.897. The first-order valence-electron chi connectivity index (χ1n) is 8.39. The molecule has 2 amide bonds. The van der Waals surface area contributed by atoms with E-state index in [4.69, 9.17) is 5.73 Å². The van der Waals surface area contributed by atoms with Gasteiger partial charge in [0.2, 0.25) is 5.91 Å². The first-order valence-corrected chi connectivity index (χ1v) is 8.39. The van der Waals surface area contributed by atoms with Gasteiger partial charge in [-0.2, -0.15) is 0 Å². The first-order chi connectivity index (χ1) is 9.97. The molecule has 1 heterocycles. The lowest BCUT2D eigenvalue weighted by Crippen LogP contribution is -3.14. The molecule has 1 aliphatic carbocycles. The van der Waals surface area contributed by atoms with Crippen LogP contribution in [0.3, 0.4) is 0 Å². The summed E-state index contributed by atoms with van der Waals surface area (Å²) >= 11 is 0. The number of hydrogen-bond acceptors (Lipinski definition) is 2. The normalized spacial score (nSPS) is 37.0. The van der Waals surface area contributed by atoms with Gasteiger partial charge in [-0.25, -0.2) is 0 Å². The van der Waals surface area contributed by atoms with Gasteiger partial charge in [-0.3, -0.25) is 9.59 Å². The third kappa shape index (κ3) is 4.43. The van der Waals surface area contributed by atoms with E-state index in [2.05, 4.69) is 19.2 Å². The first kappa shape index (κ1) is 16.3. The highest BCUT2D eigenvalue weighted by Gasteiger charge is 2.30. The molecule has 0 aromatic carbocycles. The maximum Gasteiger partial charge on any atom is 0.275 e. The summed E-state index contributed by atoms with van der Waals surface area (Å²) in [4.78, 5) is 24.6. The van der Waals surface area contributed by atoms with Crippen LogP contribution in [-0.4, -0.2) is 37.5 Å². The molecule has 0 aromatic heterocycles. The Labute approximate surface area is 127 Å². The van der Waals surface area contributed by atoms with E-state index >= 15 is 0 Å². The topological polar surface area (TPSA) is 76.6 Å². The van der Waals surface area contributed by atoms with Crippen molar-refractivity contribution in [3.05, 3.63) is 0 Å². The summed E-state index contributed by atoms with van der Waals surface area (Å²) in [6.07, 6.45) is 5.23. The number of primary amides is 1. The highest BCUT2D eigenvalue weighted by Crippen LogP contribution is 2.29. The smallest absolute Gasteiger partial charge is 0.275 e. The molecule has 0 radical (unpaired) electrons. The lowest BCUT2D eigenvalue weighted by Gasteiger charge is -2.35. The van der Waals surface area contributed by atoms with Crippen LogP contribution in [0.5, 0.6) is 0 Å². The fourth-order valence-corrected chi connectivity index (χ4v) is 3.76. The number of quaternary nitrogens is 1. The maximum absolute atomic E-state index is 12.2. The highest BCUT2D eigenvalue weighted by molar-refractivity contribution is 5.77. The molecule has 1 saturated carbocycles. The quantitative estimate of drug-likeness (QED) is 0.666. The molecule has 2 aliphatic rings. The van der Waals surface area contributed by atoms with Gasteiger partial charge in [-0.15, -0.1) is 0 Å². The number of nitrogens with one attached hydrogen (secondary N) is 2. The van der Waals surface area contributed by atoms with Gasteiger partial charge in [-0.05, 0) is 18.3 Å². The Morgan fingerprint density at radius 2 is 1.81 bits per heavy atom. The van der Waals surface area contributed by atoms with Crippen LogP contribution >= 0.6 is 0 Å². The molecule has 3 atom stereocenters. The van der Waals surface area contributed by atoms with Crippen molar-refractivity contribution >= 4 is 11.8 Å². The molecule has 21 heavy (non-hydrogen) atoms. The molecule has 5 nitrogen and oxygen atoms in total. The predicted octanol–water partition coefficient (Wildman–Crippen LogP) is -0.292. The molecule has 0 aromatic rings. The van der Waals surface area contributed by atoms with Crippen molar-refractivity contribution in [1.29, 1.82) is 0 Å². The van der Waals surface area contributed by atoms with Gasteiger partial charge in [0.1, 0.15) is 0 Å². The van der Waals surface area contributed by atoms with Crippen molar-refractivity contribution < 1.29 is 14.5 Å². The molecule has 4 N–H and O–H groups in total. The van der Waals surface area contributed by atoms with Crippen LogP contribution in [0.2, 0.25) is 0 Å². The number of amides is 2.